The number of halogens is 1. The number of fused-ring (bicyclic) bond motifs is 1. The number of carbonyl (C=O) groups is 1. The third-order valence-electron chi connectivity index (χ3n) is 5.42. The Morgan fingerprint density at radius 3 is 2.36 bits per heavy atom. The van der Waals surface area contributed by atoms with Crippen molar-refractivity contribution < 1.29 is 9.18 Å². The van der Waals surface area contributed by atoms with Gasteiger partial charge in [-0.2, -0.15) is 0 Å². The predicted octanol–water partition coefficient (Wildman–Crippen LogP) is 3.26. The third-order valence-corrected chi connectivity index (χ3v) is 5.42. The molecule has 1 amide bonds. The first kappa shape index (κ1) is 18.3. The monoisotopic (exact) mass is 382 g/mol. The van der Waals surface area contributed by atoms with Crippen LogP contribution in [0.15, 0.2) is 41.2 Å². The quantitative estimate of drug-likeness (QED) is 0.756. The van der Waals surface area contributed by atoms with E-state index in [1.165, 1.54) is 24.6 Å². The lowest BCUT2D eigenvalue weighted by Crippen LogP contribution is -2.30. The van der Waals surface area contributed by atoms with Gasteiger partial charge in [0.2, 0.25) is 0 Å². The third kappa shape index (κ3) is 3.17. The van der Waals surface area contributed by atoms with Crippen molar-refractivity contribution in [2.75, 3.05) is 23.3 Å². The molecule has 1 N–H and O–H groups in total. The van der Waals surface area contributed by atoms with Crippen molar-refractivity contribution in [2.45, 2.75) is 19.3 Å². The van der Waals surface area contributed by atoms with Crippen molar-refractivity contribution in [2.24, 2.45) is 14.1 Å². The maximum Gasteiger partial charge on any atom is 0.328 e. The van der Waals surface area contributed by atoms with Gasteiger partial charge < -0.3 is 10.2 Å². The molecule has 0 aliphatic carbocycles. The van der Waals surface area contributed by atoms with Gasteiger partial charge in [0.25, 0.3) is 5.91 Å². The number of amides is 1. The Kier molecular flexibility index (Phi) is 4.66. The second-order valence-electron chi connectivity index (χ2n) is 7.27. The summed E-state index contributed by atoms with van der Waals surface area (Å²) in [5, 5.41) is 2.93. The number of carbonyl (C=O) groups excluding carboxylic acids is 1. The molecule has 1 aliphatic heterocycles. The number of rotatable bonds is 3. The Morgan fingerprint density at radius 2 is 1.68 bits per heavy atom. The molecule has 1 aliphatic rings. The van der Waals surface area contributed by atoms with Gasteiger partial charge >= 0.3 is 5.69 Å². The smallest absolute Gasteiger partial charge is 0.328 e. The second-order valence-corrected chi connectivity index (χ2v) is 7.27. The molecule has 6 nitrogen and oxygen atoms in total. The van der Waals surface area contributed by atoms with E-state index in [0.717, 1.165) is 42.7 Å². The molecule has 0 spiro atoms. The molecule has 3 aromatic rings. The molecule has 0 radical (unpaired) electrons. The molecule has 2 aromatic carbocycles. The molecule has 2 heterocycles. The number of piperidine rings is 1. The van der Waals surface area contributed by atoms with Crippen LogP contribution < -0.4 is 15.9 Å². The number of aromatic nitrogens is 2. The number of aryl methyl sites for hydroxylation is 2. The summed E-state index contributed by atoms with van der Waals surface area (Å²) in [6, 6.07) is 9.41. The zero-order valence-corrected chi connectivity index (χ0v) is 16.0. The van der Waals surface area contributed by atoms with E-state index in [1.54, 1.807) is 29.3 Å². The minimum absolute atomic E-state index is 0.117. The largest absolute Gasteiger partial charge is 0.370 e. The Labute approximate surface area is 162 Å². The minimum atomic E-state index is -0.454. The van der Waals surface area contributed by atoms with E-state index in [9.17, 15) is 14.0 Å². The van der Waals surface area contributed by atoms with Gasteiger partial charge in [-0.3, -0.25) is 13.9 Å². The maximum absolute atomic E-state index is 13.5. The van der Waals surface area contributed by atoms with Gasteiger partial charge in [0.1, 0.15) is 5.82 Å². The molecule has 1 saturated heterocycles. The van der Waals surface area contributed by atoms with E-state index >= 15 is 0 Å². The molecule has 1 aromatic heterocycles. The molecule has 0 atom stereocenters. The van der Waals surface area contributed by atoms with E-state index in [-0.39, 0.29) is 17.2 Å². The molecular weight excluding hydrogens is 359 g/mol. The van der Waals surface area contributed by atoms with Gasteiger partial charge in [-0.05, 0) is 49.6 Å². The van der Waals surface area contributed by atoms with Crippen molar-refractivity contribution in [3.63, 3.8) is 0 Å². The zero-order chi connectivity index (χ0) is 19.8. The van der Waals surface area contributed by atoms with Crippen LogP contribution in [0.3, 0.4) is 0 Å². The zero-order valence-electron chi connectivity index (χ0n) is 16.0. The highest BCUT2D eigenvalue weighted by Gasteiger charge is 2.20. The van der Waals surface area contributed by atoms with Crippen molar-refractivity contribution in [1.82, 2.24) is 9.13 Å². The number of anilines is 2. The Morgan fingerprint density at radius 1 is 1.00 bits per heavy atom. The molecule has 4 rings (SSSR count). The van der Waals surface area contributed by atoms with Crippen molar-refractivity contribution >= 4 is 28.3 Å². The van der Waals surface area contributed by atoms with Crippen LogP contribution in [0.4, 0.5) is 15.8 Å². The van der Waals surface area contributed by atoms with Crippen LogP contribution in [-0.2, 0) is 14.1 Å². The van der Waals surface area contributed by atoms with Gasteiger partial charge in [-0.15, -0.1) is 0 Å². The molecule has 146 valence electrons. The number of imidazole rings is 1. The molecule has 0 unspecified atom stereocenters. The topological polar surface area (TPSA) is 59.3 Å². The lowest BCUT2D eigenvalue weighted by atomic mass is 10.1. The van der Waals surface area contributed by atoms with Crippen LogP contribution in [0.25, 0.3) is 11.0 Å². The van der Waals surface area contributed by atoms with E-state index in [4.69, 9.17) is 0 Å². The molecule has 7 heteroatoms. The molecule has 0 saturated carbocycles. The van der Waals surface area contributed by atoms with Gasteiger partial charge in [-0.25, -0.2) is 9.18 Å². The van der Waals surface area contributed by atoms with Crippen LogP contribution in [0.5, 0.6) is 0 Å². The van der Waals surface area contributed by atoms with Crippen LogP contribution in [0.1, 0.15) is 29.6 Å². The standard InChI is InChI=1S/C21H23FN4O2/c1-24-18-12-16(23-20(27)14-7-6-8-15(22)11-14)17(26-9-4-3-5-10-26)13-19(18)25(2)21(24)28/h6-8,11-13H,3-5,9-10H2,1-2H3,(H,23,27). The fourth-order valence-electron chi connectivity index (χ4n) is 3.85. The Hall–Kier alpha value is -3.09. The number of hydrogen-bond donors (Lipinski definition) is 1. The van der Waals surface area contributed by atoms with Gasteiger partial charge in [0.05, 0.1) is 22.4 Å². The van der Waals surface area contributed by atoms with Gasteiger partial charge in [0.15, 0.2) is 0 Å². The van der Waals surface area contributed by atoms with Crippen LogP contribution in [-0.4, -0.2) is 28.1 Å². The fourth-order valence-corrected chi connectivity index (χ4v) is 3.85. The number of nitrogens with one attached hydrogen (secondary N) is 1. The Balaban J connectivity index is 1.81. The molecule has 0 bridgehead atoms. The Bertz CT molecular complexity index is 1110. The first-order chi connectivity index (χ1) is 13.5. The molecule has 28 heavy (non-hydrogen) atoms. The van der Waals surface area contributed by atoms with Crippen molar-refractivity contribution in [1.29, 1.82) is 0 Å². The summed E-state index contributed by atoms with van der Waals surface area (Å²) in [7, 11) is 3.46. The maximum atomic E-state index is 13.5. The van der Waals surface area contributed by atoms with Crippen molar-refractivity contribution in [3.05, 3.63) is 58.3 Å². The SMILES string of the molecule is Cn1c(=O)n(C)c2cc(N3CCCCC3)c(NC(=O)c3cccc(F)c3)cc21. The number of nitrogens with zero attached hydrogens (tertiary/aromatic N) is 3. The second kappa shape index (κ2) is 7.14. The fraction of sp³-hybridized carbons (Fsp3) is 0.333. The summed E-state index contributed by atoms with van der Waals surface area (Å²) >= 11 is 0. The molecule has 1 fully saturated rings. The summed E-state index contributed by atoms with van der Waals surface area (Å²) in [6.45, 7) is 1.80. The number of benzene rings is 2. The average Bonchev–Trinajstić information content (AvgIpc) is 2.92. The van der Waals surface area contributed by atoms with Gasteiger partial charge in [0, 0.05) is 32.7 Å². The van der Waals surface area contributed by atoms with Crippen LogP contribution in [0, 0.1) is 5.82 Å². The van der Waals surface area contributed by atoms with E-state index in [2.05, 4.69) is 10.2 Å². The minimum Gasteiger partial charge on any atom is -0.370 e. The first-order valence-electron chi connectivity index (χ1n) is 9.47. The average molecular weight is 382 g/mol. The first-order valence-corrected chi connectivity index (χ1v) is 9.47. The summed E-state index contributed by atoms with van der Waals surface area (Å²) in [5.41, 5.74) is 3.21. The summed E-state index contributed by atoms with van der Waals surface area (Å²) in [6.07, 6.45) is 3.36. The summed E-state index contributed by atoms with van der Waals surface area (Å²) in [4.78, 5) is 27.3. The number of hydrogen-bond acceptors (Lipinski definition) is 3. The normalized spacial score (nSPS) is 14.5. The van der Waals surface area contributed by atoms with Crippen molar-refractivity contribution in [3.8, 4) is 0 Å². The predicted molar refractivity (Wildman–Crippen MR) is 109 cm³/mol. The van der Waals surface area contributed by atoms with Gasteiger partial charge in [-0.1, -0.05) is 6.07 Å². The van der Waals surface area contributed by atoms with Crippen LogP contribution in [0.2, 0.25) is 0 Å². The van der Waals surface area contributed by atoms with Crippen LogP contribution >= 0.6 is 0 Å². The van der Waals surface area contributed by atoms with E-state index < -0.39 is 5.82 Å². The summed E-state index contributed by atoms with van der Waals surface area (Å²) < 4.78 is 16.7. The molecular formula is C21H23FN4O2. The highest BCUT2D eigenvalue weighted by Crippen LogP contribution is 2.33. The van der Waals surface area contributed by atoms with E-state index in [0.29, 0.717) is 5.69 Å². The highest BCUT2D eigenvalue weighted by atomic mass is 19.1. The highest BCUT2D eigenvalue weighted by molar-refractivity contribution is 6.07. The lowest BCUT2D eigenvalue weighted by Gasteiger charge is -2.30. The van der Waals surface area contributed by atoms with E-state index in [1.807, 2.05) is 12.1 Å². The lowest BCUT2D eigenvalue weighted by molar-refractivity contribution is 0.102. The summed E-state index contributed by atoms with van der Waals surface area (Å²) in [5.74, 6) is -0.831.